The van der Waals surface area contributed by atoms with Crippen molar-refractivity contribution >= 4 is 11.9 Å². The quantitative estimate of drug-likeness (QED) is 0.449. The fourth-order valence-corrected chi connectivity index (χ4v) is 1.23. The predicted molar refractivity (Wildman–Crippen MR) is 67.0 cm³/mol. The maximum absolute atomic E-state index is 11.6. The van der Waals surface area contributed by atoms with Crippen molar-refractivity contribution in [3.63, 3.8) is 0 Å². The van der Waals surface area contributed by atoms with E-state index >= 15 is 0 Å². The van der Waals surface area contributed by atoms with Crippen LogP contribution in [0.3, 0.4) is 0 Å². The fraction of sp³-hybridized carbons (Fsp3) is 0.308. The van der Waals surface area contributed by atoms with E-state index in [1.54, 1.807) is 30.6 Å². The Kier molecular flexibility index (Phi) is 6.17. The first-order chi connectivity index (χ1) is 8.74. The monoisotopic (exact) mass is 248 g/mol. The highest BCUT2D eigenvalue weighted by Crippen LogP contribution is 1.95. The summed E-state index contributed by atoms with van der Waals surface area (Å²) in [7, 11) is 0. The number of hydrogen-bond donors (Lipinski definition) is 1. The van der Waals surface area contributed by atoms with Crippen LogP contribution in [0, 0.1) is 0 Å². The molecule has 0 aliphatic rings. The van der Waals surface area contributed by atoms with E-state index in [1.165, 1.54) is 0 Å². The lowest BCUT2D eigenvalue weighted by Crippen LogP contribution is -2.28. The molecule has 5 heteroatoms. The summed E-state index contributed by atoms with van der Waals surface area (Å²) in [5, 5.41) is 2.65. The second kappa shape index (κ2) is 8.00. The molecule has 1 heterocycles. The first kappa shape index (κ1) is 13.9. The molecule has 0 atom stereocenters. The second-order valence-electron chi connectivity index (χ2n) is 3.54. The number of carbonyl (C=O) groups is 2. The van der Waals surface area contributed by atoms with Gasteiger partial charge in [-0.3, -0.25) is 14.6 Å². The van der Waals surface area contributed by atoms with E-state index in [4.69, 9.17) is 4.74 Å². The van der Waals surface area contributed by atoms with Gasteiger partial charge in [0.05, 0.1) is 6.54 Å². The van der Waals surface area contributed by atoms with Gasteiger partial charge in [-0.05, 0) is 18.6 Å². The van der Waals surface area contributed by atoms with Crippen molar-refractivity contribution in [3.8, 4) is 0 Å². The molecule has 1 N–H and O–H groups in total. The van der Waals surface area contributed by atoms with E-state index in [2.05, 4.69) is 16.9 Å². The van der Waals surface area contributed by atoms with E-state index in [0.717, 1.165) is 0 Å². The number of ether oxygens (including phenoxy) is 1. The number of esters is 1. The van der Waals surface area contributed by atoms with Gasteiger partial charge in [0.15, 0.2) is 0 Å². The van der Waals surface area contributed by atoms with Crippen molar-refractivity contribution in [2.75, 3.05) is 13.2 Å². The van der Waals surface area contributed by atoms with Gasteiger partial charge < -0.3 is 10.1 Å². The third-order valence-corrected chi connectivity index (χ3v) is 2.15. The lowest BCUT2D eigenvalue weighted by atomic mass is 10.2. The van der Waals surface area contributed by atoms with Gasteiger partial charge in [0, 0.05) is 24.4 Å². The summed E-state index contributed by atoms with van der Waals surface area (Å²) in [6, 6.07) is 3.23. The Labute approximate surface area is 106 Å². The minimum atomic E-state index is -0.284. The van der Waals surface area contributed by atoms with Gasteiger partial charge in [0.25, 0.3) is 5.91 Å². The Morgan fingerprint density at radius 3 is 2.78 bits per heavy atom. The van der Waals surface area contributed by atoms with Crippen molar-refractivity contribution in [2.24, 2.45) is 0 Å². The van der Waals surface area contributed by atoms with Crippen LogP contribution in [-0.4, -0.2) is 30.0 Å². The van der Waals surface area contributed by atoms with Crippen molar-refractivity contribution in [3.05, 3.63) is 42.7 Å². The van der Waals surface area contributed by atoms with E-state index in [0.29, 0.717) is 24.9 Å². The molecule has 0 bridgehead atoms. The number of rotatable bonds is 7. The van der Waals surface area contributed by atoms with Crippen LogP contribution in [0.5, 0.6) is 0 Å². The first-order valence-corrected chi connectivity index (χ1v) is 5.69. The van der Waals surface area contributed by atoms with Crippen LogP contribution in [0.1, 0.15) is 23.2 Å². The van der Waals surface area contributed by atoms with Gasteiger partial charge in [-0.1, -0.05) is 6.08 Å². The Morgan fingerprint density at radius 2 is 2.11 bits per heavy atom. The average molecular weight is 248 g/mol. The molecule has 0 fully saturated rings. The molecule has 0 aromatic carbocycles. The van der Waals surface area contributed by atoms with Crippen LogP contribution in [0.25, 0.3) is 0 Å². The summed E-state index contributed by atoms with van der Waals surface area (Å²) in [5.74, 6) is -0.493. The molecule has 1 aromatic heterocycles. The number of carbonyl (C=O) groups excluding carboxylic acids is 2. The van der Waals surface area contributed by atoms with Crippen LogP contribution < -0.4 is 5.32 Å². The summed E-state index contributed by atoms with van der Waals surface area (Å²) < 4.78 is 4.92. The van der Waals surface area contributed by atoms with Gasteiger partial charge in [-0.25, -0.2) is 0 Å². The molecule has 0 saturated heterocycles. The molecule has 0 unspecified atom stereocenters. The Morgan fingerprint density at radius 1 is 1.39 bits per heavy atom. The molecule has 1 rings (SSSR count). The van der Waals surface area contributed by atoms with Gasteiger partial charge in [0.2, 0.25) is 0 Å². The predicted octanol–water partition coefficient (Wildman–Crippen LogP) is 1.32. The highest BCUT2D eigenvalue weighted by molar-refractivity contribution is 5.93. The molecular formula is C13H16N2O3. The molecule has 96 valence electrons. The van der Waals surface area contributed by atoms with E-state index in [-0.39, 0.29) is 18.5 Å². The SMILES string of the molecule is C=CCCC(=O)OCCNC(=O)c1ccncc1. The van der Waals surface area contributed by atoms with Gasteiger partial charge in [-0.15, -0.1) is 6.58 Å². The van der Waals surface area contributed by atoms with Crippen LogP contribution in [0.2, 0.25) is 0 Å². The summed E-state index contributed by atoms with van der Waals surface area (Å²) in [6.45, 7) is 3.98. The van der Waals surface area contributed by atoms with Crippen LogP contribution in [0.15, 0.2) is 37.2 Å². The van der Waals surface area contributed by atoms with E-state index < -0.39 is 0 Å². The van der Waals surface area contributed by atoms with Gasteiger partial charge >= 0.3 is 5.97 Å². The maximum atomic E-state index is 11.6. The van der Waals surface area contributed by atoms with E-state index in [9.17, 15) is 9.59 Å². The Bertz CT molecular complexity index is 404. The first-order valence-electron chi connectivity index (χ1n) is 5.69. The number of hydrogen-bond acceptors (Lipinski definition) is 4. The lowest BCUT2D eigenvalue weighted by Gasteiger charge is -2.06. The zero-order chi connectivity index (χ0) is 13.2. The topological polar surface area (TPSA) is 68.3 Å². The standard InChI is InChI=1S/C13H16N2O3/c1-2-3-4-12(16)18-10-9-15-13(17)11-5-7-14-8-6-11/h2,5-8H,1,3-4,9-10H2,(H,15,17). The third kappa shape index (κ3) is 5.25. The van der Waals surface area contributed by atoms with Crippen molar-refractivity contribution in [1.82, 2.24) is 10.3 Å². The number of nitrogens with one attached hydrogen (secondary N) is 1. The third-order valence-electron chi connectivity index (χ3n) is 2.15. The normalized spacial score (nSPS) is 9.56. The number of aromatic nitrogens is 1. The fourth-order valence-electron chi connectivity index (χ4n) is 1.23. The summed E-state index contributed by atoms with van der Waals surface area (Å²) in [5.41, 5.74) is 0.531. The highest BCUT2D eigenvalue weighted by atomic mass is 16.5. The van der Waals surface area contributed by atoms with Crippen LogP contribution in [0.4, 0.5) is 0 Å². The number of allylic oxidation sites excluding steroid dienone is 1. The molecular weight excluding hydrogens is 232 g/mol. The molecule has 1 aromatic rings. The van der Waals surface area contributed by atoms with Crippen LogP contribution in [-0.2, 0) is 9.53 Å². The number of amides is 1. The number of nitrogens with zero attached hydrogens (tertiary/aromatic N) is 1. The zero-order valence-corrected chi connectivity index (χ0v) is 10.1. The van der Waals surface area contributed by atoms with Crippen molar-refractivity contribution in [1.29, 1.82) is 0 Å². The van der Waals surface area contributed by atoms with Crippen LogP contribution >= 0.6 is 0 Å². The van der Waals surface area contributed by atoms with Crippen molar-refractivity contribution in [2.45, 2.75) is 12.8 Å². The molecule has 0 spiro atoms. The molecule has 0 radical (unpaired) electrons. The Balaban J connectivity index is 2.17. The number of pyridine rings is 1. The maximum Gasteiger partial charge on any atom is 0.306 e. The lowest BCUT2D eigenvalue weighted by molar-refractivity contribution is -0.143. The molecule has 0 saturated carbocycles. The van der Waals surface area contributed by atoms with Gasteiger partial charge in [-0.2, -0.15) is 0 Å². The summed E-state index contributed by atoms with van der Waals surface area (Å²) >= 11 is 0. The average Bonchev–Trinajstić information content (AvgIpc) is 2.42. The smallest absolute Gasteiger partial charge is 0.306 e. The molecule has 0 aliphatic carbocycles. The summed E-state index contributed by atoms with van der Waals surface area (Å²) in [6.07, 6.45) is 5.67. The van der Waals surface area contributed by atoms with E-state index in [1.807, 2.05) is 0 Å². The molecule has 0 aliphatic heterocycles. The molecule has 5 nitrogen and oxygen atoms in total. The molecule has 1 amide bonds. The Hall–Kier alpha value is -2.17. The highest BCUT2D eigenvalue weighted by Gasteiger charge is 2.04. The van der Waals surface area contributed by atoms with Gasteiger partial charge in [0.1, 0.15) is 6.61 Å². The summed E-state index contributed by atoms with van der Waals surface area (Å²) in [4.78, 5) is 26.5. The minimum absolute atomic E-state index is 0.173. The largest absolute Gasteiger partial charge is 0.464 e. The molecule has 18 heavy (non-hydrogen) atoms. The zero-order valence-electron chi connectivity index (χ0n) is 10.1. The minimum Gasteiger partial charge on any atom is -0.464 e. The second-order valence-corrected chi connectivity index (χ2v) is 3.54. The van der Waals surface area contributed by atoms with Crippen molar-refractivity contribution < 1.29 is 14.3 Å².